The summed E-state index contributed by atoms with van der Waals surface area (Å²) in [6, 6.07) is 4.11. The zero-order chi connectivity index (χ0) is 24.0. The maximum absolute atomic E-state index is 12.5. The van der Waals surface area contributed by atoms with Crippen molar-refractivity contribution in [3.63, 3.8) is 0 Å². The first kappa shape index (κ1) is 22.7. The SMILES string of the molecule is Cc1c(O)c(=O)ccn1CC(=O)N1CC(Oc2ccc([C@H]3C[C@H]3B(O)O)c(O)c2C(=O)O)C1. The standard InChI is InChI=1S/C21H23BN2O9/c1-10-19(27)15(25)4-5-23(10)9-17(26)24-7-11(8-24)33-16-3-2-12(13-6-14(13)22(31)32)20(28)18(16)21(29)30/h2-5,11,13-14,27-28,31-32H,6-9H2,1H3,(H,29,30)/t13-,14-/m1/s1. The molecule has 2 atom stereocenters. The molecule has 1 aromatic carbocycles. The maximum Gasteiger partial charge on any atom is 0.455 e. The molecule has 2 fully saturated rings. The Morgan fingerprint density at radius 3 is 2.45 bits per heavy atom. The number of hydrogen-bond donors (Lipinski definition) is 5. The van der Waals surface area contributed by atoms with E-state index in [-0.39, 0.29) is 42.9 Å². The number of hydrogen-bond acceptors (Lipinski definition) is 8. The second-order valence-electron chi connectivity index (χ2n) is 8.38. The Hall–Kier alpha value is -3.51. The molecule has 33 heavy (non-hydrogen) atoms. The van der Waals surface area contributed by atoms with Crippen molar-refractivity contribution in [3.8, 4) is 17.2 Å². The van der Waals surface area contributed by atoms with E-state index in [9.17, 15) is 39.8 Å². The van der Waals surface area contributed by atoms with E-state index in [4.69, 9.17) is 4.74 Å². The Kier molecular flexibility index (Phi) is 5.81. The van der Waals surface area contributed by atoms with Crippen molar-refractivity contribution in [1.82, 2.24) is 9.47 Å². The number of likely N-dealkylation sites (tertiary alicyclic amines) is 1. The van der Waals surface area contributed by atoms with Gasteiger partial charge in [-0.15, -0.1) is 0 Å². The van der Waals surface area contributed by atoms with Crippen molar-refractivity contribution in [1.29, 1.82) is 0 Å². The number of carboxylic acids is 1. The fraction of sp³-hybridized carbons (Fsp3) is 0.381. The molecule has 0 radical (unpaired) electrons. The lowest BCUT2D eigenvalue weighted by molar-refractivity contribution is -0.140. The van der Waals surface area contributed by atoms with Crippen molar-refractivity contribution >= 4 is 19.0 Å². The minimum atomic E-state index is -1.54. The summed E-state index contributed by atoms with van der Waals surface area (Å²) in [6.45, 7) is 1.85. The fourth-order valence-corrected chi connectivity index (χ4v) is 4.07. The minimum absolute atomic E-state index is 0.0382. The van der Waals surface area contributed by atoms with Crippen LogP contribution in [0.4, 0.5) is 0 Å². The zero-order valence-electron chi connectivity index (χ0n) is 17.7. The summed E-state index contributed by atoms with van der Waals surface area (Å²) in [5, 5.41) is 48.4. The molecule has 0 spiro atoms. The van der Waals surface area contributed by atoms with Crippen molar-refractivity contribution in [2.24, 2.45) is 0 Å². The third-order valence-electron chi connectivity index (χ3n) is 6.22. The van der Waals surface area contributed by atoms with Gasteiger partial charge in [0.25, 0.3) is 0 Å². The molecule has 2 aromatic rings. The fourth-order valence-electron chi connectivity index (χ4n) is 4.07. The molecule has 0 unspecified atom stereocenters. The number of carbonyl (C=O) groups excluding carboxylic acids is 1. The maximum atomic E-state index is 12.5. The van der Waals surface area contributed by atoms with Crippen LogP contribution in [-0.2, 0) is 11.3 Å². The van der Waals surface area contributed by atoms with Crippen LogP contribution in [0.2, 0.25) is 5.82 Å². The molecule has 2 aliphatic rings. The van der Waals surface area contributed by atoms with E-state index in [0.29, 0.717) is 12.0 Å². The molecular formula is C21H23BN2O9. The van der Waals surface area contributed by atoms with Crippen LogP contribution in [0.5, 0.6) is 17.2 Å². The number of phenols is 1. The highest BCUT2D eigenvalue weighted by Crippen LogP contribution is 2.56. The monoisotopic (exact) mass is 458 g/mol. The van der Waals surface area contributed by atoms with Gasteiger partial charge in [-0.25, -0.2) is 4.79 Å². The van der Waals surface area contributed by atoms with E-state index in [1.807, 2.05) is 0 Å². The lowest BCUT2D eigenvalue weighted by Gasteiger charge is -2.39. The Morgan fingerprint density at radius 1 is 1.15 bits per heavy atom. The molecule has 1 amide bonds. The summed E-state index contributed by atoms with van der Waals surface area (Å²) in [5.74, 6) is -3.36. The van der Waals surface area contributed by atoms with Crippen molar-refractivity contribution in [2.75, 3.05) is 13.1 Å². The number of pyridine rings is 1. The van der Waals surface area contributed by atoms with Crippen LogP contribution in [-0.4, -0.2) is 73.0 Å². The number of aromatic hydroxyl groups is 2. The van der Waals surface area contributed by atoms with Gasteiger partial charge in [-0.05, 0) is 30.9 Å². The first-order valence-electron chi connectivity index (χ1n) is 10.4. The molecule has 12 heteroatoms. The number of nitrogens with zero attached hydrogens (tertiary/aromatic N) is 2. The van der Waals surface area contributed by atoms with Crippen LogP contribution in [0.15, 0.2) is 29.2 Å². The molecule has 1 aromatic heterocycles. The summed E-state index contributed by atoms with van der Waals surface area (Å²) in [4.78, 5) is 37.2. The van der Waals surface area contributed by atoms with E-state index in [0.717, 1.165) is 0 Å². The smallest absolute Gasteiger partial charge is 0.455 e. The number of ether oxygens (including phenoxy) is 1. The molecule has 174 valence electrons. The Labute approximate surface area is 188 Å². The van der Waals surface area contributed by atoms with E-state index < -0.39 is 47.5 Å². The van der Waals surface area contributed by atoms with Crippen LogP contribution in [0.1, 0.15) is 34.0 Å². The Balaban J connectivity index is 1.40. The Morgan fingerprint density at radius 2 is 1.85 bits per heavy atom. The van der Waals surface area contributed by atoms with Crippen LogP contribution < -0.4 is 10.2 Å². The summed E-state index contributed by atoms with van der Waals surface area (Å²) in [7, 11) is -1.54. The van der Waals surface area contributed by atoms with Crippen molar-refractivity contribution in [2.45, 2.75) is 37.7 Å². The van der Waals surface area contributed by atoms with Crippen molar-refractivity contribution in [3.05, 3.63) is 51.4 Å². The van der Waals surface area contributed by atoms with Crippen molar-refractivity contribution < 1.29 is 39.7 Å². The second-order valence-corrected chi connectivity index (χ2v) is 8.38. The molecule has 0 bridgehead atoms. The highest BCUT2D eigenvalue weighted by Gasteiger charge is 2.48. The van der Waals surface area contributed by atoms with Gasteiger partial charge in [0.2, 0.25) is 11.3 Å². The number of benzene rings is 1. The molecule has 2 heterocycles. The summed E-state index contributed by atoms with van der Waals surface area (Å²) < 4.78 is 7.18. The van der Waals surface area contributed by atoms with Crippen LogP contribution in [0, 0.1) is 6.92 Å². The van der Waals surface area contributed by atoms with Gasteiger partial charge >= 0.3 is 13.1 Å². The van der Waals surface area contributed by atoms with Gasteiger partial charge in [-0.3, -0.25) is 9.59 Å². The predicted octanol–water partition coefficient (Wildman–Crippen LogP) is -0.114. The Bertz CT molecular complexity index is 1170. The van der Waals surface area contributed by atoms with E-state index in [1.54, 1.807) is 0 Å². The largest absolute Gasteiger partial charge is 0.507 e. The number of carboxylic acid groups (broad SMARTS) is 1. The topological polar surface area (TPSA) is 170 Å². The highest BCUT2D eigenvalue weighted by atomic mass is 16.5. The summed E-state index contributed by atoms with van der Waals surface area (Å²) in [6.07, 6.45) is 1.37. The lowest BCUT2D eigenvalue weighted by Crippen LogP contribution is -2.57. The summed E-state index contributed by atoms with van der Waals surface area (Å²) >= 11 is 0. The first-order chi connectivity index (χ1) is 15.6. The predicted molar refractivity (Wildman–Crippen MR) is 114 cm³/mol. The molecule has 4 rings (SSSR count). The third-order valence-corrected chi connectivity index (χ3v) is 6.22. The minimum Gasteiger partial charge on any atom is -0.507 e. The molecule has 11 nitrogen and oxygen atoms in total. The third kappa shape index (κ3) is 4.26. The van der Waals surface area contributed by atoms with E-state index >= 15 is 0 Å². The normalized spacial score (nSPS) is 19.7. The molecule has 1 aliphatic heterocycles. The van der Waals surface area contributed by atoms with E-state index in [1.165, 1.54) is 40.8 Å². The lowest BCUT2D eigenvalue weighted by atomic mass is 9.81. The number of carbonyl (C=O) groups is 2. The van der Waals surface area contributed by atoms with Crippen LogP contribution in [0.25, 0.3) is 0 Å². The molecule has 5 N–H and O–H groups in total. The summed E-state index contributed by atoms with van der Waals surface area (Å²) in [5.41, 5.74) is -0.336. The van der Waals surface area contributed by atoms with Gasteiger partial charge < -0.3 is 39.6 Å². The number of rotatable bonds is 7. The van der Waals surface area contributed by atoms with Gasteiger partial charge in [-0.1, -0.05) is 6.07 Å². The molecule has 1 saturated carbocycles. The van der Waals surface area contributed by atoms with Crippen LogP contribution >= 0.6 is 0 Å². The quantitative estimate of drug-likeness (QED) is 0.355. The van der Waals surface area contributed by atoms with Gasteiger partial charge in [0.05, 0.1) is 18.8 Å². The molecular weight excluding hydrogens is 435 g/mol. The highest BCUT2D eigenvalue weighted by molar-refractivity contribution is 6.44. The average Bonchev–Trinajstić information content (AvgIpc) is 3.51. The van der Waals surface area contributed by atoms with E-state index in [2.05, 4.69) is 0 Å². The first-order valence-corrected chi connectivity index (χ1v) is 10.4. The van der Waals surface area contributed by atoms with Gasteiger partial charge in [0.15, 0.2) is 5.75 Å². The second kappa shape index (κ2) is 8.45. The van der Waals surface area contributed by atoms with Crippen LogP contribution in [0.3, 0.4) is 0 Å². The number of aromatic carboxylic acids is 1. The van der Waals surface area contributed by atoms with Gasteiger partial charge in [0, 0.05) is 18.1 Å². The zero-order valence-corrected chi connectivity index (χ0v) is 17.7. The number of amides is 1. The average molecular weight is 458 g/mol. The molecule has 1 saturated heterocycles. The number of aromatic nitrogens is 1. The van der Waals surface area contributed by atoms with Gasteiger partial charge in [0.1, 0.15) is 29.7 Å². The molecule has 1 aliphatic carbocycles. The van der Waals surface area contributed by atoms with Gasteiger partial charge in [-0.2, -0.15) is 0 Å².